The van der Waals surface area contributed by atoms with Crippen LogP contribution in [0.1, 0.15) is 16.8 Å². The molecule has 0 aliphatic carbocycles. The van der Waals surface area contributed by atoms with Crippen molar-refractivity contribution in [2.45, 2.75) is 6.42 Å². The van der Waals surface area contributed by atoms with Crippen LogP contribution in [-0.2, 0) is 0 Å². The van der Waals surface area contributed by atoms with Gasteiger partial charge in [-0.2, -0.15) is 0 Å². The summed E-state index contributed by atoms with van der Waals surface area (Å²) < 4.78 is 12.7. The Hall–Kier alpha value is -2.16. The highest BCUT2D eigenvalue weighted by Crippen LogP contribution is 2.33. The van der Waals surface area contributed by atoms with Crippen LogP contribution in [0.3, 0.4) is 0 Å². The van der Waals surface area contributed by atoms with Gasteiger partial charge in [-0.1, -0.05) is 27.3 Å². The number of carbonyl (C=O) groups is 1. The first-order chi connectivity index (χ1) is 13.9. The third-order valence-corrected chi connectivity index (χ3v) is 5.97. The minimum absolute atomic E-state index is 0.108. The van der Waals surface area contributed by atoms with E-state index >= 15 is 0 Å². The predicted molar refractivity (Wildman–Crippen MR) is 122 cm³/mol. The second-order valence-corrected chi connectivity index (χ2v) is 8.72. The molecular weight excluding hydrogens is 454 g/mol. The number of ether oxygens (including phenoxy) is 2. The van der Waals surface area contributed by atoms with Crippen molar-refractivity contribution < 1.29 is 14.3 Å². The third kappa shape index (κ3) is 5.07. The molecule has 0 fully saturated rings. The molecule has 0 aliphatic heterocycles. The van der Waals surface area contributed by atoms with Crippen molar-refractivity contribution in [3.05, 3.63) is 46.4 Å². The molecule has 6 nitrogen and oxygen atoms in total. The van der Waals surface area contributed by atoms with Crippen molar-refractivity contribution in [2.75, 3.05) is 46.3 Å². The van der Waals surface area contributed by atoms with Gasteiger partial charge in [0.1, 0.15) is 0 Å². The molecule has 0 spiro atoms. The van der Waals surface area contributed by atoms with Gasteiger partial charge in [0.25, 0.3) is 5.91 Å². The monoisotopic (exact) mass is 477 g/mol. The van der Waals surface area contributed by atoms with Gasteiger partial charge in [0.15, 0.2) is 16.6 Å². The Balaban J connectivity index is 1.96. The molecular formula is C21H24BrN3O3S. The minimum atomic E-state index is -0.108. The van der Waals surface area contributed by atoms with E-state index in [1.807, 2.05) is 32.3 Å². The van der Waals surface area contributed by atoms with Crippen LogP contribution in [-0.4, -0.2) is 57.2 Å². The van der Waals surface area contributed by atoms with E-state index in [9.17, 15) is 4.79 Å². The van der Waals surface area contributed by atoms with Crippen molar-refractivity contribution in [3.63, 3.8) is 0 Å². The maximum Gasteiger partial charge on any atom is 0.260 e. The molecule has 3 rings (SSSR count). The van der Waals surface area contributed by atoms with E-state index in [0.717, 1.165) is 27.7 Å². The Kier molecular flexibility index (Phi) is 7.10. The number of nitrogens with zero attached hydrogens (tertiary/aromatic N) is 3. The highest BCUT2D eigenvalue weighted by molar-refractivity contribution is 9.10. The van der Waals surface area contributed by atoms with Crippen molar-refractivity contribution in [1.29, 1.82) is 0 Å². The topological polar surface area (TPSA) is 54.9 Å². The fourth-order valence-corrected chi connectivity index (χ4v) is 4.50. The number of hydrogen-bond acceptors (Lipinski definition) is 6. The zero-order valence-corrected chi connectivity index (χ0v) is 19.3. The van der Waals surface area contributed by atoms with Gasteiger partial charge in [0, 0.05) is 16.6 Å². The molecule has 0 saturated carbocycles. The molecule has 154 valence electrons. The molecule has 1 aromatic heterocycles. The number of methoxy groups -OCH3 is 2. The highest BCUT2D eigenvalue weighted by atomic mass is 79.9. The third-order valence-electron chi connectivity index (χ3n) is 4.43. The van der Waals surface area contributed by atoms with Crippen molar-refractivity contribution >= 4 is 48.5 Å². The Morgan fingerprint density at radius 2 is 1.83 bits per heavy atom. The lowest BCUT2D eigenvalue weighted by Crippen LogP contribution is -2.33. The molecule has 29 heavy (non-hydrogen) atoms. The number of thiazole rings is 1. The summed E-state index contributed by atoms with van der Waals surface area (Å²) in [5, 5.41) is 0.691. The summed E-state index contributed by atoms with van der Waals surface area (Å²) in [6, 6.07) is 11.2. The molecule has 8 heteroatoms. The van der Waals surface area contributed by atoms with Crippen LogP contribution in [0.15, 0.2) is 40.9 Å². The van der Waals surface area contributed by atoms with Crippen LogP contribution in [0.4, 0.5) is 5.13 Å². The zero-order chi connectivity index (χ0) is 21.0. The van der Waals surface area contributed by atoms with E-state index in [2.05, 4.69) is 20.8 Å². The van der Waals surface area contributed by atoms with E-state index in [-0.39, 0.29) is 5.91 Å². The van der Waals surface area contributed by atoms with Crippen LogP contribution in [0.25, 0.3) is 10.2 Å². The number of fused-ring (bicyclic) bond motifs is 1. The van der Waals surface area contributed by atoms with E-state index in [1.54, 1.807) is 37.3 Å². The standard InChI is InChI=1S/C21H24BrN3O3S/c1-24(2)10-5-11-25(21-23-16-8-7-15(22)13-19(16)29-21)20(26)14-6-9-17(27-3)18(12-14)28-4/h6-9,12-13H,5,10-11H2,1-4H3. The number of benzene rings is 2. The largest absolute Gasteiger partial charge is 0.493 e. The lowest BCUT2D eigenvalue weighted by molar-refractivity contribution is 0.0985. The molecule has 0 radical (unpaired) electrons. The van der Waals surface area contributed by atoms with Crippen molar-refractivity contribution in [1.82, 2.24) is 9.88 Å². The van der Waals surface area contributed by atoms with Gasteiger partial charge >= 0.3 is 0 Å². The molecule has 0 aliphatic rings. The smallest absolute Gasteiger partial charge is 0.260 e. The summed E-state index contributed by atoms with van der Waals surface area (Å²) in [5.74, 6) is 1.01. The fourth-order valence-electron chi connectivity index (χ4n) is 2.96. The molecule has 2 aromatic carbocycles. The summed E-state index contributed by atoms with van der Waals surface area (Å²) in [4.78, 5) is 22.0. The Morgan fingerprint density at radius 3 is 2.52 bits per heavy atom. The average Bonchev–Trinajstić information content (AvgIpc) is 3.12. The van der Waals surface area contributed by atoms with Gasteiger partial charge in [-0.25, -0.2) is 4.98 Å². The lowest BCUT2D eigenvalue weighted by Gasteiger charge is -2.21. The van der Waals surface area contributed by atoms with Gasteiger partial charge in [0.05, 0.1) is 24.4 Å². The maximum absolute atomic E-state index is 13.4. The van der Waals surface area contributed by atoms with Crippen molar-refractivity contribution in [2.24, 2.45) is 0 Å². The number of carbonyl (C=O) groups excluding carboxylic acids is 1. The van der Waals surface area contributed by atoms with Gasteiger partial charge in [-0.15, -0.1) is 0 Å². The number of aromatic nitrogens is 1. The number of amides is 1. The summed E-state index contributed by atoms with van der Waals surface area (Å²) in [7, 11) is 7.18. The fraction of sp³-hybridized carbons (Fsp3) is 0.333. The maximum atomic E-state index is 13.4. The average molecular weight is 478 g/mol. The Labute approximate surface area is 183 Å². The SMILES string of the molecule is COc1ccc(C(=O)N(CCCN(C)C)c2nc3ccc(Br)cc3s2)cc1OC. The molecule has 3 aromatic rings. The van der Waals surface area contributed by atoms with E-state index in [4.69, 9.17) is 14.5 Å². The summed E-state index contributed by atoms with van der Waals surface area (Å²) in [5.41, 5.74) is 1.42. The first kappa shape index (κ1) is 21.5. The van der Waals surface area contributed by atoms with Gasteiger partial charge in [-0.3, -0.25) is 9.69 Å². The zero-order valence-electron chi connectivity index (χ0n) is 16.9. The molecule has 0 N–H and O–H groups in total. The Bertz CT molecular complexity index is 1010. The van der Waals surface area contributed by atoms with Gasteiger partial charge < -0.3 is 14.4 Å². The second kappa shape index (κ2) is 9.56. The van der Waals surface area contributed by atoms with Gasteiger partial charge in [0.2, 0.25) is 0 Å². The minimum Gasteiger partial charge on any atom is -0.493 e. The van der Waals surface area contributed by atoms with Crippen LogP contribution in [0.5, 0.6) is 11.5 Å². The predicted octanol–water partition coefficient (Wildman–Crippen LogP) is 4.67. The normalized spacial score (nSPS) is 11.1. The quantitative estimate of drug-likeness (QED) is 0.471. The Morgan fingerprint density at radius 1 is 1.07 bits per heavy atom. The molecule has 0 bridgehead atoms. The molecule has 0 atom stereocenters. The first-order valence-electron chi connectivity index (χ1n) is 9.17. The van der Waals surface area contributed by atoms with Crippen LogP contribution < -0.4 is 14.4 Å². The van der Waals surface area contributed by atoms with Crippen LogP contribution in [0, 0.1) is 0 Å². The molecule has 1 heterocycles. The number of anilines is 1. The first-order valence-corrected chi connectivity index (χ1v) is 10.8. The highest BCUT2D eigenvalue weighted by Gasteiger charge is 2.22. The number of rotatable bonds is 8. The molecule has 0 unspecified atom stereocenters. The van der Waals surface area contributed by atoms with E-state index < -0.39 is 0 Å². The summed E-state index contributed by atoms with van der Waals surface area (Å²) in [6.07, 6.45) is 0.839. The second-order valence-electron chi connectivity index (χ2n) is 6.79. The molecule has 1 amide bonds. The van der Waals surface area contributed by atoms with E-state index in [1.165, 1.54) is 11.3 Å². The number of halogens is 1. The summed E-state index contributed by atoms with van der Waals surface area (Å²) in [6.45, 7) is 1.46. The molecule has 0 saturated heterocycles. The van der Waals surface area contributed by atoms with E-state index in [0.29, 0.717) is 28.7 Å². The number of hydrogen-bond donors (Lipinski definition) is 0. The van der Waals surface area contributed by atoms with Crippen LogP contribution >= 0.6 is 27.3 Å². The lowest BCUT2D eigenvalue weighted by atomic mass is 10.1. The van der Waals surface area contributed by atoms with Crippen LogP contribution in [0.2, 0.25) is 0 Å². The van der Waals surface area contributed by atoms with Crippen molar-refractivity contribution in [3.8, 4) is 11.5 Å². The van der Waals surface area contributed by atoms with Gasteiger partial charge in [-0.05, 0) is 63.5 Å². The summed E-state index contributed by atoms with van der Waals surface area (Å²) >= 11 is 5.01.